The normalized spacial score (nSPS) is 28.4. The quantitative estimate of drug-likeness (QED) is 0.913. The van der Waals surface area contributed by atoms with E-state index in [0.29, 0.717) is 0 Å². The molecule has 0 aromatic heterocycles. The number of fused-ring (bicyclic) bond motifs is 1. The highest BCUT2D eigenvalue weighted by molar-refractivity contribution is 5.82. The molecule has 2 aliphatic rings. The van der Waals surface area contributed by atoms with E-state index in [-0.39, 0.29) is 36.1 Å². The minimum atomic E-state index is -0.0778. The topological polar surface area (TPSA) is 41.6 Å². The Morgan fingerprint density at radius 1 is 1.16 bits per heavy atom. The van der Waals surface area contributed by atoms with Gasteiger partial charge < -0.3 is 10.1 Å². The van der Waals surface area contributed by atoms with Gasteiger partial charge >= 0.3 is 0 Å². The lowest BCUT2D eigenvalue weighted by Crippen LogP contribution is -2.58. The van der Waals surface area contributed by atoms with E-state index in [9.17, 15) is 4.79 Å². The maximum atomic E-state index is 13.1. The van der Waals surface area contributed by atoms with Crippen molar-refractivity contribution in [2.24, 2.45) is 5.92 Å². The zero-order valence-electron chi connectivity index (χ0n) is 16.0. The van der Waals surface area contributed by atoms with Crippen molar-refractivity contribution in [3.8, 4) is 0 Å². The molecule has 0 bridgehead atoms. The van der Waals surface area contributed by atoms with Crippen LogP contribution in [0.1, 0.15) is 45.2 Å². The molecule has 0 saturated carbocycles. The van der Waals surface area contributed by atoms with Crippen LogP contribution in [0, 0.1) is 5.92 Å². The largest absolute Gasteiger partial charge is 0.373 e. The number of hydrogen-bond donors (Lipinski definition) is 1. The van der Waals surface area contributed by atoms with Crippen LogP contribution < -0.4 is 5.32 Å². The number of carbonyl (C=O) groups is 1. The number of amides is 1. The van der Waals surface area contributed by atoms with E-state index in [1.807, 2.05) is 0 Å². The highest BCUT2D eigenvalue weighted by atomic mass is 16.5. The molecule has 1 fully saturated rings. The summed E-state index contributed by atoms with van der Waals surface area (Å²) < 4.78 is 5.84. The molecule has 1 heterocycles. The van der Waals surface area contributed by atoms with Crippen molar-refractivity contribution in [3.63, 3.8) is 0 Å². The summed E-state index contributed by atoms with van der Waals surface area (Å²) in [5, 5.41) is 3.35. The first-order chi connectivity index (χ1) is 11.9. The average molecular weight is 344 g/mol. The fourth-order valence-electron chi connectivity index (χ4n) is 4.44. The second kappa shape index (κ2) is 7.88. The van der Waals surface area contributed by atoms with Crippen LogP contribution in [0.15, 0.2) is 24.3 Å². The average Bonchev–Trinajstić information content (AvgIpc) is 2.53. The number of hydrogen-bond acceptors (Lipinski definition) is 3. The van der Waals surface area contributed by atoms with E-state index >= 15 is 0 Å². The van der Waals surface area contributed by atoms with Gasteiger partial charge in [-0.15, -0.1) is 0 Å². The van der Waals surface area contributed by atoms with Crippen molar-refractivity contribution in [2.75, 3.05) is 13.1 Å². The summed E-state index contributed by atoms with van der Waals surface area (Å²) in [6.07, 6.45) is 3.39. The Morgan fingerprint density at radius 3 is 2.44 bits per heavy atom. The number of carbonyl (C=O) groups excluding carboxylic acids is 1. The van der Waals surface area contributed by atoms with Gasteiger partial charge in [0.2, 0.25) is 5.91 Å². The molecule has 0 radical (unpaired) electrons. The molecule has 4 atom stereocenters. The van der Waals surface area contributed by atoms with Crippen LogP contribution in [0.3, 0.4) is 0 Å². The standard InChI is InChI=1S/C21H32N2O2/c1-14(2)20(23-12-15(3)25-16(4)13-23)21(24)22-19-10-9-17-7-5-6-8-18(17)11-19/h5-8,14-16,19-20H,9-13H2,1-4H3,(H,22,24). The molecule has 1 aromatic rings. The van der Waals surface area contributed by atoms with E-state index in [1.165, 1.54) is 11.1 Å². The van der Waals surface area contributed by atoms with Crippen molar-refractivity contribution in [1.82, 2.24) is 10.2 Å². The number of ether oxygens (including phenoxy) is 1. The lowest BCUT2D eigenvalue weighted by atomic mass is 9.88. The van der Waals surface area contributed by atoms with Gasteiger partial charge in [-0.1, -0.05) is 38.1 Å². The van der Waals surface area contributed by atoms with Crippen molar-refractivity contribution < 1.29 is 9.53 Å². The Bertz CT molecular complexity index is 591. The number of nitrogens with zero attached hydrogens (tertiary/aromatic N) is 1. The Balaban J connectivity index is 1.66. The van der Waals surface area contributed by atoms with E-state index in [4.69, 9.17) is 4.74 Å². The van der Waals surface area contributed by atoms with Crippen molar-refractivity contribution in [1.29, 1.82) is 0 Å². The van der Waals surface area contributed by atoms with Crippen LogP contribution in [0.5, 0.6) is 0 Å². The minimum absolute atomic E-state index is 0.0778. The summed E-state index contributed by atoms with van der Waals surface area (Å²) in [4.78, 5) is 15.4. The smallest absolute Gasteiger partial charge is 0.237 e. The van der Waals surface area contributed by atoms with Crippen LogP contribution in [-0.2, 0) is 22.4 Å². The number of nitrogens with one attached hydrogen (secondary N) is 1. The van der Waals surface area contributed by atoms with Crippen molar-refractivity contribution >= 4 is 5.91 Å². The Hall–Kier alpha value is -1.39. The van der Waals surface area contributed by atoms with Crippen LogP contribution in [-0.4, -0.2) is 48.2 Å². The molecule has 1 saturated heterocycles. The summed E-state index contributed by atoms with van der Waals surface area (Å²) >= 11 is 0. The zero-order valence-corrected chi connectivity index (χ0v) is 16.0. The molecule has 25 heavy (non-hydrogen) atoms. The van der Waals surface area contributed by atoms with Crippen LogP contribution >= 0.6 is 0 Å². The number of aryl methyl sites for hydroxylation is 1. The monoisotopic (exact) mass is 344 g/mol. The molecule has 1 aliphatic carbocycles. The first kappa shape index (κ1) is 18.4. The Labute approximate surface area is 151 Å². The van der Waals surface area contributed by atoms with Crippen LogP contribution in [0.2, 0.25) is 0 Å². The van der Waals surface area contributed by atoms with Gasteiger partial charge in [-0.3, -0.25) is 9.69 Å². The molecule has 3 rings (SSSR count). The van der Waals surface area contributed by atoms with Crippen molar-refractivity contribution in [3.05, 3.63) is 35.4 Å². The summed E-state index contributed by atoms with van der Waals surface area (Å²) in [5.74, 6) is 0.467. The van der Waals surface area contributed by atoms with E-state index < -0.39 is 0 Å². The molecule has 4 heteroatoms. The summed E-state index contributed by atoms with van der Waals surface area (Å²) in [7, 11) is 0. The van der Waals surface area contributed by atoms with Gasteiger partial charge in [-0.05, 0) is 50.2 Å². The molecular formula is C21H32N2O2. The first-order valence-electron chi connectivity index (χ1n) is 9.70. The zero-order chi connectivity index (χ0) is 18.0. The Morgan fingerprint density at radius 2 is 1.80 bits per heavy atom. The second-order valence-electron chi connectivity index (χ2n) is 8.12. The first-order valence-corrected chi connectivity index (χ1v) is 9.70. The van der Waals surface area contributed by atoms with E-state index in [2.05, 4.69) is 62.2 Å². The maximum absolute atomic E-state index is 13.1. The Kier molecular flexibility index (Phi) is 5.80. The molecule has 138 valence electrons. The molecule has 1 aliphatic heterocycles. The molecule has 4 nitrogen and oxygen atoms in total. The summed E-state index contributed by atoms with van der Waals surface area (Å²) in [6, 6.07) is 8.77. The fourth-order valence-corrected chi connectivity index (χ4v) is 4.44. The summed E-state index contributed by atoms with van der Waals surface area (Å²) in [6.45, 7) is 10.1. The second-order valence-corrected chi connectivity index (χ2v) is 8.12. The predicted octanol–water partition coefficient (Wildman–Crippen LogP) is 2.79. The van der Waals surface area contributed by atoms with E-state index in [0.717, 1.165) is 32.4 Å². The highest BCUT2D eigenvalue weighted by Crippen LogP contribution is 2.23. The number of rotatable bonds is 4. The summed E-state index contributed by atoms with van der Waals surface area (Å²) in [5.41, 5.74) is 2.82. The van der Waals surface area contributed by atoms with Gasteiger partial charge in [-0.25, -0.2) is 0 Å². The van der Waals surface area contributed by atoms with Gasteiger partial charge in [0, 0.05) is 19.1 Å². The van der Waals surface area contributed by atoms with Gasteiger partial charge in [-0.2, -0.15) is 0 Å². The molecule has 0 spiro atoms. The number of benzene rings is 1. The lowest BCUT2D eigenvalue weighted by Gasteiger charge is -2.41. The van der Waals surface area contributed by atoms with Crippen molar-refractivity contribution in [2.45, 2.75) is 71.2 Å². The van der Waals surface area contributed by atoms with Gasteiger partial charge in [0.1, 0.15) is 0 Å². The highest BCUT2D eigenvalue weighted by Gasteiger charge is 2.35. The minimum Gasteiger partial charge on any atom is -0.373 e. The van der Waals surface area contributed by atoms with Crippen LogP contribution in [0.25, 0.3) is 0 Å². The van der Waals surface area contributed by atoms with Crippen LogP contribution in [0.4, 0.5) is 0 Å². The van der Waals surface area contributed by atoms with E-state index in [1.54, 1.807) is 0 Å². The third kappa shape index (κ3) is 4.42. The fraction of sp³-hybridized carbons (Fsp3) is 0.667. The third-order valence-corrected chi connectivity index (χ3v) is 5.43. The lowest BCUT2D eigenvalue weighted by molar-refractivity contribution is -0.136. The third-order valence-electron chi connectivity index (χ3n) is 5.43. The predicted molar refractivity (Wildman–Crippen MR) is 101 cm³/mol. The molecule has 1 aromatic carbocycles. The molecule has 1 amide bonds. The molecular weight excluding hydrogens is 312 g/mol. The maximum Gasteiger partial charge on any atom is 0.237 e. The van der Waals surface area contributed by atoms with Gasteiger partial charge in [0.05, 0.1) is 18.2 Å². The van der Waals surface area contributed by atoms with Gasteiger partial charge in [0.25, 0.3) is 0 Å². The molecule has 1 N–H and O–H groups in total. The van der Waals surface area contributed by atoms with Gasteiger partial charge in [0.15, 0.2) is 0 Å². The number of morpholine rings is 1. The molecule has 4 unspecified atom stereocenters. The SMILES string of the molecule is CC1CN(C(C(=O)NC2CCc3ccccc3C2)C(C)C)CC(C)O1.